The third-order valence-corrected chi connectivity index (χ3v) is 2.60. The highest BCUT2D eigenvalue weighted by Crippen LogP contribution is 2.46. The summed E-state index contributed by atoms with van der Waals surface area (Å²) < 4.78 is 4.52. The third-order valence-electron chi connectivity index (χ3n) is 2.60. The summed E-state index contributed by atoms with van der Waals surface area (Å²) in [7, 11) is 0. The van der Waals surface area contributed by atoms with Crippen molar-refractivity contribution in [2.24, 2.45) is 16.3 Å². The normalized spacial score (nSPS) is 18.1. The quantitative estimate of drug-likeness (QED) is 0.267. The fraction of sp³-hybridized carbons (Fsp3) is 0.500. The predicted molar refractivity (Wildman–Crippen MR) is 51.2 cm³/mol. The summed E-state index contributed by atoms with van der Waals surface area (Å²) in [6.07, 6.45) is 2.35. The van der Waals surface area contributed by atoms with Crippen molar-refractivity contribution in [3.8, 4) is 0 Å². The van der Waals surface area contributed by atoms with Crippen LogP contribution in [0.25, 0.3) is 0 Å². The van der Waals surface area contributed by atoms with Gasteiger partial charge in [0.25, 0.3) is 0 Å². The Morgan fingerprint density at radius 3 is 3.00 bits per heavy atom. The zero-order valence-electron chi connectivity index (χ0n) is 8.38. The number of hydrogen-bond donors (Lipinski definition) is 3. The van der Waals surface area contributed by atoms with Gasteiger partial charge in [-0.25, -0.2) is 0 Å². The second-order valence-electron chi connectivity index (χ2n) is 3.60. The fourth-order valence-electron chi connectivity index (χ4n) is 1.42. The van der Waals surface area contributed by atoms with Gasteiger partial charge in [-0.2, -0.15) is 4.98 Å². The van der Waals surface area contributed by atoms with Gasteiger partial charge in [0.15, 0.2) is 11.7 Å². The summed E-state index contributed by atoms with van der Waals surface area (Å²) in [5, 5.41) is 17.6. The summed E-state index contributed by atoms with van der Waals surface area (Å²) in [5.74, 6) is 0.0365. The molecule has 0 radical (unpaired) electrons. The van der Waals surface area contributed by atoms with Crippen molar-refractivity contribution in [2.75, 3.05) is 0 Å². The van der Waals surface area contributed by atoms with Crippen molar-refractivity contribution < 1.29 is 14.5 Å². The number of nitrogens with one attached hydrogen (secondary N) is 1. The van der Waals surface area contributed by atoms with Crippen molar-refractivity contribution in [1.29, 1.82) is 0 Å². The Labute approximate surface area is 90.5 Å². The van der Waals surface area contributed by atoms with Crippen LogP contribution in [0.1, 0.15) is 18.7 Å². The Bertz CT molecular complexity index is 409. The molecule has 1 aliphatic rings. The van der Waals surface area contributed by atoms with Gasteiger partial charge in [-0.1, -0.05) is 10.3 Å². The number of carbonyl (C=O) groups is 1. The molecule has 1 aromatic heterocycles. The molecule has 1 saturated carbocycles. The van der Waals surface area contributed by atoms with Crippen molar-refractivity contribution in [3.05, 3.63) is 12.2 Å². The number of carbonyl (C=O) groups excluding carboxylic acids is 1. The van der Waals surface area contributed by atoms with E-state index in [1.807, 2.05) is 0 Å². The van der Waals surface area contributed by atoms with E-state index in [-0.39, 0.29) is 18.3 Å². The van der Waals surface area contributed by atoms with E-state index in [9.17, 15) is 4.79 Å². The van der Waals surface area contributed by atoms with Gasteiger partial charge in [-0.3, -0.25) is 4.79 Å². The summed E-state index contributed by atoms with van der Waals surface area (Å²) in [5.41, 5.74) is 4.60. The zero-order chi connectivity index (χ0) is 11.6. The Kier molecular flexibility index (Phi) is 2.47. The molecule has 1 aromatic rings. The van der Waals surface area contributed by atoms with Crippen LogP contribution >= 0.6 is 0 Å². The number of aromatic nitrogens is 2. The van der Waals surface area contributed by atoms with E-state index in [0.717, 1.165) is 0 Å². The maximum Gasteiger partial charge on any atom is 0.234 e. The topological polar surface area (TPSA) is 127 Å². The lowest BCUT2D eigenvalue weighted by Crippen LogP contribution is -2.40. The van der Waals surface area contributed by atoms with Crippen LogP contribution in [0.15, 0.2) is 16.1 Å². The largest absolute Gasteiger partial charge is 0.409 e. The van der Waals surface area contributed by atoms with Crippen LogP contribution in [-0.2, 0) is 11.3 Å². The molecule has 0 saturated heterocycles. The maximum atomic E-state index is 11.8. The number of amides is 1. The summed E-state index contributed by atoms with van der Waals surface area (Å²) in [4.78, 5) is 15.5. The van der Waals surface area contributed by atoms with E-state index in [0.29, 0.717) is 18.7 Å². The summed E-state index contributed by atoms with van der Waals surface area (Å²) in [6.45, 7) is 0.162. The van der Waals surface area contributed by atoms with E-state index in [2.05, 4.69) is 25.1 Å². The zero-order valence-corrected chi connectivity index (χ0v) is 8.38. The molecule has 0 unspecified atom stereocenters. The maximum absolute atomic E-state index is 11.8. The number of oxime groups is 1. The Morgan fingerprint density at radius 1 is 1.75 bits per heavy atom. The highest BCUT2D eigenvalue weighted by atomic mass is 16.5. The minimum absolute atomic E-state index is 0.0573. The number of amidine groups is 1. The molecule has 0 spiro atoms. The average molecular weight is 225 g/mol. The van der Waals surface area contributed by atoms with Crippen LogP contribution in [0.2, 0.25) is 0 Å². The smallest absolute Gasteiger partial charge is 0.234 e. The second kappa shape index (κ2) is 3.80. The Hall–Kier alpha value is -2.12. The van der Waals surface area contributed by atoms with E-state index in [1.54, 1.807) is 0 Å². The first-order valence-corrected chi connectivity index (χ1v) is 4.70. The Balaban J connectivity index is 1.94. The minimum atomic E-state index is -0.849. The second-order valence-corrected chi connectivity index (χ2v) is 3.60. The lowest BCUT2D eigenvalue weighted by molar-refractivity contribution is -0.124. The highest BCUT2D eigenvalue weighted by Gasteiger charge is 2.54. The third kappa shape index (κ3) is 1.69. The molecule has 2 rings (SSSR count). The number of rotatable bonds is 4. The van der Waals surface area contributed by atoms with Gasteiger partial charge < -0.3 is 20.8 Å². The van der Waals surface area contributed by atoms with Gasteiger partial charge in [0.2, 0.25) is 12.3 Å². The van der Waals surface area contributed by atoms with Gasteiger partial charge in [0, 0.05) is 0 Å². The molecule has 0 atom stereocenters. The molecule has 8 heteroatoms. The van der Waals surface area contributed by atoms with Gasteiger partial charge in [0.05, 0.1) is 6.54 Å². The van der Waals surface area contributed by atoms with Crippen LogP contribution in [0.3, 0.4) is 0 Å². The van der Waals surface area contributed by atoms with Crippen molar-refractivity contribution in [2.45, 2.75) is 19.4 Å². The van der Waals surface area contributed by atoms with Crippen molar-refractivity contribution in [3.63, 3.8) is 0 Å². The van der Waals surface area contributed by atoms with Crippen molar-refractivity contribution >= 4 is 11.7 Å². The molecule has 0 aliphatic heterocycles. The molecule has 8 nitrogen and oxygen atoms in total. The first-order valence-electron chi connectivity index (χ1n) is 4.70. The molecule has 1 heterocycles. The molecule has 1 fully saturated rings. The molecule has 1 amide bonds. The monoisotopic (exact) mass is 225 g/mol. The standard InChI is InChI=1S/C8H11N5O3/c9-6(12-15)8(1-2-8)7(14)10-3-5-11-4-16-13-5/h4,15H,1-3H2,(H2,9,12)(H,10,14). The summed E-state index contributed by atoms with van der Waals surface area (Å²) in [6, 6.07) is 0. The minimum Gasteiger partial charge on any atom is -0.409 e. The molecule has 0 bridgehead atoms. The lowest BCUT2D eigenvalue weighted by atomic mass is 10.1. The SMILES string of the molecule is NC(=NO)C1(C(=O)NCc2ncon2)CC1. The number of nitrogens with two attached hydrogens (primary N) is 1. The van der Waals surface area contributed by atoms with E-state index >= 15 is 0 Å². The van der Waals surface area contributed by atoms with Gasteiger partial charge in [-0.15, -0.1) is 0 Å². The first kappa shape index (κ1) is 10.4. The van der Waals surface area contributed by atoms with Gasteiger partial charge in [-0.05, 0) is 12.8 Å². The van der Waals surface area contributed by atoms with E-state index < -0.39 is 5.41 Å². The number of nitrogens with zero attached hydrogens (tertiary/aromatic N) is 3. The highest BCUT2D eigenvalue weighted by molar-refractivity contribution is 6.09. The predicted octanol–water partition coefficient (Wildman–Crippen LogP) is -0.788. The molecule has 4 N–H and O–H groups in total. The summed E-state index contributed by atoms with van der Waals surface area (Å²) >= 11 is 0. The lowest BCUT2D eigenvalue weighted by Gasteiger charge is -2.12. The first-order chi connectivity index (χ1) is 7.69. The van der Waals surface area contributed by atoms with Crippen LogP contribution in [0.5, 0.6) is 0 Å². The molecule has 0 aromatic carbocycles. The Morgan fingerprint density at radius 2 is 2.50 bits per heavy atom. The van der Waals surface area contributed by atoms with Gasteiger partial charge in [0.1, 0.15) is 5.41 Å². The van der Waals surface area contributed by atoms with Crippen LogP contribution in [-0.4, -0.2) is 27.1 Å². The van der Waals surface area contributed by atoms with Crippen LogP contribution in [0, 0.1) is 5.41 Å². The molecular weight excluding hydrogens is 214 g/mol. The van der Waals surface area contributed by atoms with Crippen LogP contribution < -0.4 is 11.1 Å². The molecule has 86 valence electrons. The molecule has 16 heavy (non-hydrogen) atoms. The number of hydrogen-bond acceptors (Lipinski definition) is 6. The fourth-order valence-corrected chi connectivity index (χ4v) is 1.42. The van der Waals surface area contributed by atoms with E-state index in [1.165, 1.54) is 6.39 Å². The average Bonchev–Trinajstić information content (AvgIpc) is 2.95. The van der Waals surface area contributed by atoms with E-state index in [4.69, 9.17) is 10.9 Å². The van der Waals surface area contributed by atoms with Gasteiger partial charge >= 0.3 is 0 Å². The molecule has 1 aliphatic carbocycles. The van der Waals surface area contributed by atoms with Crippen molar-refractivity contribution in [1.82, 2.24) is 15.5 Å². The molecular formula is C8H11N5O3. The van der Waals surface area contributed by atoms with Crippen LogP contribution in [0.4, 0.5) is 0 Å².